The molecular formula is C17H26N2. The predicted octanol–water partition coefficient (Wildman–Crippen LogP) is 2.97. The van der Waals surface area contributed by atoms with E-state index in [0.29, 0.717) is 6.04 Å². The number of benzene rings is 1. The van der Waals surface area contributed by atoms with E-state index in [1.807, 2.05) is 0 Å². The first-order valence-corrected chi connectivity index (χ1v) is 7.69. The maximum atomic E-state index is 3.48. The fourth-order valence-corrected chi connectivity index (χ4v) is 3.75. The van der Waals surface area contributed by atoms with E-state index in [1.54, 1.807) is 5.56 Å². The Balaban J connectivity index is 1.95. The second-order valence-electron chi connectivity index (χ2n) is 6.38. The van der Waals surface area contributed by atoms with Crippen LogP contribution in [0.4, 0.5) is 0 Å². The van der Waals surface area contributed by atoms with Gasteiger partial charge in [0.2, 0.25) is 0 Å². The SMILES string of the molecule is Cc1cc(C)c(C(C2CC2)N2CCNCC2)c(C)c1. The Bertz CT molecular complexity index is 433. The summed E-state index contributed by atoms with van der Waals surface area (Å²) in [7, 11) is 0. The minimum atomic E-state index is 0.669. The van der Waals surface area contributed by atoms with Crippen molar-refractivity contribution in [2.45, 2.75) is 39.7 Å². The van der Waals surface area contributed by atoms with E-state index in [2.05, 4.69) is 43.1 Å². The van der Waals surface area contributed by atoms with Crippen LogP contribution in [0.5, 0.6) is 0 Å². The van der Waals surface area contributed by atoms with Crippen molar-refractivity contribution in [1.82, 2.24) is 10.2 Å². The highest BCUT2D eigenvalue weighted by Crippen LogP contribution is 2.46. The molecule has 1 aromatic carbocycles. The van der Waals surface area contributed by atoms with E-state index >= 15 is 0 Å². The molecule has 0 spiro atoms. The van der Waals surface area contributed by atoms with E-state index in [9.17, 15) is 0 Å². The minimum absolute atomic E-state index is 0.669. The van der Waals surface area contributed by atoms with Crippen molar-refractivity contribution in [3.05, 3.63) is 34.4 Å². The highest BCUT2D eigenvalue weighted by Gasteiger charge is 2.38. The Morgan fingerprint density at radius 1 is 1.05 bits per heavy atom. The molecule has 0 bridgehead atoms. The van der Waals surface area contributed by atoms with E-state index in [0.717, 1.165) is 19.0 Å². The van der Waals surface area contributed by atoms with Crippen LogP contribution in [-0.2, 0) is 0 Å². The van der Waals surface area contributed by atoms with Crippen LogP contribution in [0, 0.1) is 26.7 Å². The van der Waals surface area contributed by atoms with Gasteiger partial charge in [0.1, 0.15) is 0 Å². The van der Waals surface area contributed by atoms with Gasteiger partial charge in [0, 0.05) is 32.2 Å². The Hall–Kier alpha value is -0.860. The number of rotatable bonds is 3. The fourth-order valence-electron chi connectivity index (χ4n) is 3.75. The number of hydrogen-bond acceptors (Lipinski definition) is 2. The van der Waals surface area contributed by atoms with Crippen LogP contribution >= 0.6 is 0 Å². The van der Waals surface area contributed by atoms with Crippen molar-refractivity contribution in [2.24, 2.45) is 5.92 Å². The third-order valence-electron chi connectivity index (χ3n) is 4.65. The van der Waals surface area contributed by atoms with Gasteiger partial charge in [-0.3, -0.25) is 4.90 Å². The summed E-state index contributed by atoms with van der Waals surface area (Å²) in [6, 6.07) is 5.39. The van der Waals surface area contributed by atoms with Crippen LogP contribution in [0.15, 0.2) is 12.1 Å². The van der Waals surface area contributed by atoms with Crippen LogP contribution < -0.4 is 5.32 Å². The van der Waals surface area contributed by atoms with Crippen molar-refractivity contribution in [3.63, 3.8) is 0 Å². The third-order valence-corrected chi connectivity index (χ3v) is 4.65. The minimum Gasteiger partial charge on any atom is -0.314 e. The largest absolute Gasteiger partial charge is 0.314 e. The number of piperazine rings is 1. The smallest absolute Gasteiger partial charge is 0.0382 e. The van der Waals surface area contributed by atoms with Gasteiger partial charge < -0.3 is 5.32 Å². The van der Waals surface area contributed by atoms with Crippen LogP contribution in [0.3, 0.4) is 0 Å². The molecule has 0 amide bonds. The summed E-state index contributed by atoms with van der Waals surface area (Å²) in [5.74, 6) is 0.901. The molecule has 2 fully saturated rings. The Morgan fingerprint density at radius 2 is 1.63 bits per heavy atom. The van der Waals surface area contributed by atoms with Gasteiger partial charge in [-0.15, -0.1) is 0 Å². The van der Waals surface area contributed by atoms with Gasteiger partial charge in [0.25, 0.3) is 0 Å². The van der Waals surface area contributed by atoms with Gasteiger partial charge in [-0.1, -0.05) is 17.7 Å². The molecule has 1 aromatic rings. The first-order chi connectivity index (χ1) is 9.16. The molecule has 0 radical (unpaired) electrons. The molecule has 1 aliphatic heterocycles. The number of nitrogens with one attached hydrogen (secondary N) is 1. The summed E-state index contributed by atoms with van der Waals surface area (Å²) < 4.78 is 0. The molecule has 2 nitrogen and oxygen atoms in total. The fraction of sp³-hybridized carbons (Fsp3) is 0.647. The first-order valence-electron chi connectivity index (χ1n) is 7.69. The molecule has 1 heterocycles. The Morgan fingerprint density at radius 3 is 2.16 bits per heavy atom. The molecule has 0 aromatic heterocycles. The zero-order chi connectivity index (χ0) is 13.4. The van der Waals surface area contributed by atoms with Crippen molar-refractivity contribution >= 4 is 0 Å². The molecule has 1 N–H and O–H groups in total. The molecule has 2 heteroatoms. The van der Waals surface area contributed by atoms with E-state index < -0.39 is 0 Å². The summed E-state index contributed by atoms with van der Waals surface area (Å²) in [5, 5.41) is 3.48. The van der Waals surface area contributed by atoms with Crippen LogP contribution in [0.25, 0.3) is 0 Å². The van der Waals surface area contributed by atoms with E-state index in [-0.39, 0.29) is 0 Å². The third kappa shape index (κ3) is 2.70. The van der Waals surface area contributed by atoms with Crippen molar-refractivity contribution in [3.8, 4) is 0 Å². The lowest BCUT2D eigenvalue weighted by molar-refractivity contribution is 0.155. The number of hydrogen-bond donors (Lipinski definition) is 1. The highest BCUT2D eigenvalue weighted by atomic mass is 15.2. The number of aryl methyl sites for hydroxylation is 3. The quantitative estimate of drug-likeness (QED) is 0.896. The molecule has 1 atom stereocenters. The van der Waals surface area contributed by atoms with Crippen LogP contribution in [0.2, 0.25) is 0 Å². The number of nitrogens with zero attached hydrogens (tertiary/aromatic N) is 1. The second kappa shape index (κ2) is 5.26. The van der Waals surface area contributed by atoms with Crippen LogP contribution in [-0.4, -0.2) is 31.1 Å². The molecule has 1 saturated heterocycles. The zero-order valence-electron chi connectivity index (χ0n) is 12.5. The van der Waals surface area contributed by atoms with Gasteiger partial charge in [-0.05, 0) is 56.2 Å². The van der Waals surface area contributed by atoms with Crippen molar-refractivity contribution < 1.29 is 0 Å². The summed E-state index contributed by atoms with van der Waals surface area (Å²) in [6.07, 6.45) is 2.84. The summed E-state index contributed by atoms with van der Waals surface area (Å²) in [5.41, 5.74) is 6.00. The average Bonchev–Trinajstić information content (AvgIpc) is 3.18. The lowest BCUT2D eigenvalue weighted by Crippen LogP contribution is -2.46. The maximum Gasteiger partial charge on any atom is 0.0382 e. The summed E-state index contributed by atoms with van der Waals surface area (Å²) in [4.78, 5) is 2.72. The van der Waals surface area contributed by atoms with E-state index in [1.165, 1.54) is 42.6 Å². The molecule has 3 rings (SSSR count). The van der Waals surface area contributed by atoms with Gasteiger partial charge in [-0.2, -0.15) is 0 Å². The van der Waals surface area contributed by atoms with Crippen molar-refractivity contribution in [1.29, 1.82) is 0 Å². The van der Waals surface area contributed by atoms with Gasteiger partial charge in [-0.25, -0.2) is 0 Å². The Labute approximate surface area is 117 Å². The summed E-state index contributed by atoms with van der Waals surface area (Å²) in [6.45, 7) is 11.5. The summed E-state index contributed by atoms with van der Waals surface area (Å²) >= 11 is 0. The monoisotopic (exact) mass is 258 g/mol. The highest BCUT2D eigenvalue weighted by molar-refractivity contribution is 5.40. The topological polar surface area (TPSA) is 15.3 Å². The lowest BCUT2D eigenvalue weighted by atomic mass is 9.90. The average molecular weight is 258 g/mol. The molecule has 19 heavy (non-hydrogen) atoms. The standard InChI is InChI=1S/C17H26N2/c1-12-10-13(2)16(14(3)11-12)17(15-4-5-15)19-8-6-18-7-9-19/h10-11,15,17-18H,4-9H2,1-3H3. The predicted molar refractivity (Wildman–Crippen MR) is 80.6 cm³/mol. The molecule has 104 valence electrons. The van der Waals surface area contributed by atoms with Gasteiger partial charge >= 0.3 is 0 Å². The molecule has 1 unspecified atom stereocenters. The maximum absolute atomic E-state index is 3.48. The van der Waals surface area contributed by atoms with Crippen molar-refractivity contribution in [2.75, 3.05) is 26.2 Å². The molecule has 1 saturated carbocycles. The van der Waals surface area contributed by atoms with Gasteiger partial charge in [0.05, 0.1) is 0 Å². The molecular weight excluding hydrogens is 232 g/mol. The molecule has 2 aliphatic rings. The van der Waals surface area contributed by atoms with E-state index in [4.69, 9.17) is 0 Å². The molecule has 1 aliphatic carbocycles. The lowest BCUT2D eigenvalue weighted by Gasteiger charge is -2.37. The zero-order valence-corrected chi connectivity index (χ0v) is 12.5. The van der Waals surface area contributed by atoms with Gasteiger partial charge in [0.15, 0.2) is 0 Å². The van der Waals surface area contributed by atoms with Crippen LogP contribution in [0.1, 0.15) is 41.1 Å². The Kier molecular flexibility index (Phi) is 3.64. The normalized spacial score (nSPS) is 22.5. The second-order valence-corrected chi connectivity index (χ2v) is 6.38. The first kappa shape index (κ1) is 13.1.